The van der Waals surface area contributed by atoms with E-state index in [1.54, 1.807) is 0 Å². The first-order valence-electron chi connectivity index (χ1n) is 8.24. The van der Waals surface area contributed by atoms with Crippen LogP contribution in [0, 0.1) is 26.7 Å². The van der Waals surface area contributed by atoms with Gasteiger partial charge in [0, 0.05) is 11.5 Å². The zero-order chi connectivity index (χ0) is 15.7. The molecule has 1 aliphatic rings. The topological polar surface area (TPSA) is 17.1 Å². The first-order chi connectivity index (χ1) is 10.6. The zero-order valence-electron chi connectivity index (χ0n) is 13.7. The van der Waals surface area contributed by atoms with E-state index in [0.717, 1.165) is 24.8 Å². The summed E-state index contributed by atoms with van der Waals surface area (Å²) in [5, 5.41) is 0. The van der Waals surface area contributed by atoms with Crippen LogP contribution in [0.4, 0.5) is 0 Å². The number of carbonyl (C=O) groups excluding carboxylic acids is 1. The summed E-state index contributed by atoms with van der Waals surface area (Å²) in [5.74, 6) is 0.848. The first-order valence-corrected chi connectivity index (χ1v) is 8.24. The number of Topliss-reactive ketones (excluding diaryl/α,β-unsaturated/α-hetero) is 1. The smallest absolute Gasteiger partial charge is 0.166 e. The summed E-state index contributed by atoms with van der Waals surface area (Å²) in [5.41, 5.74) is 6.05. The Kier molecular flexibility index (Phi) is 4.15. The minimum absolute atomic E-state index is 0.142. The van der Waals surface area contributed by atoms with E-state index in [9.17, 15) is 4.79 Å². The van der Waals surface area contributed by atoms with Crippen LogP contribution in [0.1, 0.15) is 57.8 Å². The Morgan fingerprint density at radius 2 is 1.59 bits per heavy atom. The molecule has 0 heterocycles. The van der Waals surface area contributed by atoms with E-state index in [1.165, 1.54) is 22.3 Å². The Hall–Kier alpha value is -1.89. The summed E-state index contributed by atoms with van der Waals surface area (Å²) in [6, 6.07) is 14.7. The Morgan fingerprint density at radius 3 is 2.32 bits per heavy atom. The predicted octanol–water partition coefficient (Wildman–Crippen LogP) is 5.38. The molecule has 0 unspecified atom stereocenters. The van der Waals surface area contributed by atoms with Crippen molar-refractivity contribution in [3.05, 3.63) is 70.3 Å². The van der Waals surface area contributed by atoms with Crippen molar-refractivity contribution in [2.24, 2.45) is 5.92 Å². The minimum atomic E-state index is 0.142. The largest absolute Gasteiger partial charge is 0.294 e. The Labute approximate surface area is 133 Å². The van der Waals surface area contributed by atoms with Crippen molar-refractivity contribution in [2.75, 3.05) is 0 Å². The molecule has 1 aliphatic carbocycles. The molecule has 3 rings (SSSR count). The highest BCUT2D eigenvalue weighted by molar-refractivity contribution is 5.98. The fourth-order valence-electron chi connectivity index (χ4n) is 3.74. The van der Waals surface area contributed by atoms with Crippen molar-refractivity contribution >= 4 is 5.78 Å². The van der Waals surface area contributed by atoms with Crippen molar-refractivity contribution in [2.45, 2.75) is 46.0 Å². The molecule has 22 heavy (non-hydrogen) atoms. The van der Waals surface area contributed by atoms with Gasteiger partial charge in [-0.25, -0.2) is 0 Å². The van der Waals surface area contributed by atoms with Gasteiger partial charge in [-0.3, -0.25) is 4.79 Å². The van der Waals surface area contributed by atoms with Crippen LogP contribution in [0.15, 0.2) is 42.5 Å². The maximum atomic E-state index is 12.9. The fourth-order valence-corrected chi connectivity index (χ4v) is 3.74. The SMILES string of the molecule is Cc1ccc(C(=O)[C@H]2CCC[C@H]2c2cc(C)ccc2C)cc1. The normalized spacial score (nSPS) is 21.0. The molecule has 114 valence electrons. The van der Waals surface area contributed by atoms with E-state index in [1.807, 2.05) is 24.3 Å². The second-order valence-corrected chi connectivity index (χ2v) is 6.73. The number of carbonyl (C=O) groups is 1. The molecule has 2 atom stereocenters. The number of rotatable bonds is 3. The lowest BCUT2D eigenvalue weighted by Crippen LogP contribution is -2.18. The van der Waals surface area contributed by atoms with E-state index in [4.69, 9.17) is 0 Å². The molecule has 2 aromatic rings. The van der Waals surface area contributed by atoms with Gasteiger partial charge in [0.15, 0.2) is 5.78 Å². The van der Waals surface area contributed by atoms with Crippen LogP contribution in [0.3, 0.4) is 0 Å². The van der Waals surface area contributed by atoms with Crippen LogP contribution in [-0.2, 0) is 0 Å². The van der Waals surface area contributed by atoms with Crippen LogP contribution < -0.4 is 0 Å². The van der Waals surface area contributed by atoms with Gasteiger partial charge >= 0.3 is 0 Å². The van der Waals surface area contributed by atoms with E-state index in [-0.39, 0.29) is 5.92 Å². The van der Waals surface area contributed by atoms with Crippen molar-refractivity contribution in [1.82, 2.24) is 0 Å². The van der Waals surface area contributed by atoms with E-state index >= 15 is 0 Å². The number of hydrogen-bond acceptors (Lipinski definition) is 1. The average Bonchev–Trinajstić information content (AvgIpc) is 2.99. The molecule has 0 N–H and O–H groups in total. The standard InChI is InChI=1S/C21H24O/c1-14-8-11-17(12-9-14)21(22)19-6-4-5-18(19)20-13-15(2)7-10-16(20)3/h7-13,18-19H,4-6H2,1-3H3/t18-,19+/m1/s1. The van der Waals surface area contributed by atoms with Crippen molar-refractivity contribution in [1.29, 1.82) is 0 Å². The maximum absolute atomic E-state index is 12.9. The molecule has 0 radical (unpaired) electrons. The lowest BCUT2D eigenvalue weighted by molar-refractivity contribution is 0.0911. The molecule has 1 saturated carbocycles. The van der Waals surface area contributed by atoms with Gasteiger partial charge in [-0.2, -0.15) is 0 Å². The highest BCUT2D eigenvalue weighted by Gasteiger charge is 2.35. The van der Waals surface area contributed by atoms with Crippen LogP contribution in [0.2, 0.25) is 0 Å². The van der Waals surface area contributed by atoms with Crippen molar-refractivity contribution in [3.63, 3.8) is 0 Å². The fraction of sp³-hybridized carbons (Fsp3) is 0.381. The van der Waals surface area contributed by atoms with Gasteiger partial charge in [-0.1, -0.05) is 60.0 Å². The van der Waals surface area contributed by atoms with Crippen molar-refractivity contribution < 1.29 is 4.79 Å². The lowest BCUT2D eigenvalue weighted by Gasteiger charge is -2.21. The Balaban J connectivity index is 1.91. The van der Waals surface area contributed by atoms with Crippen LogP contribution in [0.5, 0.6) is 0 Å². The average molecular weight is 292 g/mol. The molecule has 1 nitrogen and oxygen atoms in total. The molecular formula is C21H24O. The number of ketones is 1. The van der Waals surface area contributed by atoms with Crippen molar-refractivity contribution in [3.8, 4) is 0 Å². The van der Waals surface area contributed by atoms with E-state index in [2.05, 4.69) is 39.0 Å². The van der Waals surface area contributed by atoms with Gasteiger partial charge in [0.05, 0.1) is 0 Å². The minimum Gasteiger partial charge on any atom is -0.294 e. The summed E-state index contributed by atoms with van der Waals surface area (Å²) in [6.07, 6.45) is 3.30. The quantitative estimate of drug-likeness (QED) is 0.694. The monoisotopic (exact) mass is 292 g/mol. The third-order valence-corrected chi connectivity index (χ3v) is 5.02. The van der Waals surface area contributed by atoms with Gasteiger partial charge in [0.1, 0.15) is 0 Å². The molecule has 1 fully saturated rings. The molecule has 0 amide bonds. The van der Waals surface area contributed by atoms with Gasteiger partial charge < -0.3 is 0 Å². The molecule has 0 saturated heterocycles. The molecule has 0 aromatic heterocycles. The summed E-state index contributed by atoms with van der Waals surface area (Å²) < 4.78 is 0. The van der Waals surface area contributed by atoms with Crippen LogP contribution >= 0.6 is 0 Å². The van der Waals surface area contributed by atoms with Gasteiger partial charge in [0.2, 0.25) is 0 Å². The summed E-state index contributed by atoms with van der Waals surface area (Å²) in [4.78, 5) is 12.9. The van der Waals surface area contributed by atoms with Gasteiger partial charge in [-0.15, -0.1) is 0 Å². The van der Waals surface area contributed by atoms with Crippen LogP contribution in [-0.4, -0.2) is 5.78 Å². The number of aryl methyl sites for hydroxylation is 3. The highest BCUT2D eigenvalue weighted by atomic mass is 16.1. The molecule has 0 bridgehead atoms. The predicted molar refractivity (Wildman–Crippen MR) is 91.5 cm³/mol. The first kappa shape index (κ1) is 15.0. The maximum Gasteiger partial charge on any atom is 0.166 e. The number of hydrogen-bond donors (Lipinski definition) is 0. The zero-order valence-corrected chi connectivity index (χ0v) is 13.7. The molecule has 2 aromatic carbocycles. The third-order valence-electron chi connectivity index (χ3n) is 5.02. The van der Waals surface area contributed by atoms with Gasteiger partial charge in [0.25, 0.3) is 0 Å². The second kappa shape index (κ2) is 6.08. The van der Waals surface area contributed by atoms with E-state index in [0.29, 0.717) is 11.7 Å². The highest BCUT2D eigenvalue weighted by Crippen LogP contribution is 2.42. The lowest BCUT2D eigenvalue weighted by atomic mass is 9.81. The summed E-state index contributed by atoms with van der Waals surface area (Å²) >= 11 is 0. The van der Waals surface area contributed by atoms with Crippen LogP contribution in [0.25, 0.3) is 0 Å². The number of benzene rings is 2. The molecule has 1 heteroatoms. The molecule has 0 aliphatic heterocycles. The Bertz CT molecular complexity index is 682. The second-order valence-electron chi connectivity index (χ2n) is 6.73. The molecular weight excluding hydrogens is 268 g/mol. The summed E-state index contributed by atoms with van der Waals surface area (Å²) in [6.45, 7) is 6.36. The Morgan fingerprint density at radius 1 is 0.909 bits per heavy atom. The summed E-state index contributed by atoms with van der Waals surface area (Å²) in [7, 11) is 0. The third kappa shape index (κ3) is 2.85. The van der Waals surface area contributed by atoms with Gasteiger partial charge in [-0.05, 0) is 50.7 Å². The molecule has 0 spiro atoms. The van der Waals surface area contributed by atoms with E-state index < -0.39 is 0 Å².